The lowest BCUT2D eigenvalue weighted by Crippen LogP contribution is -2.45. The average Bonchev–Trinajstić information content (AvgIpc) is 2.08. The van der Waals surface area contributed by atoms with Crippen molar-refractivity contribution in [3.63, 3.8) is 0 Å². The molecule has 1 amide bonds. The number of nitrogens with one attached hydrogen (secondary N) is 1. The van der Waals surface area contributed by atoms with Gasteiger partial charge in [0.25, 0.3) is 5.91 Å². The Morgan fingerprint density at radius 3 is 2.69 bits per heavy atom. The van der Waals surface area contributed by atoms with Gasteiger partial charge in [-0.15, -0.1) is 0 Å². The Balaban J connectivity index is 2.27. The molecule has 0 aliphatic heterocycles. The second kappa shape index (κ2) is 5.11. The molecular weight excluding hydrogens is 283 g/mol. The van der Waals surface area contributed by atoms with Crippen LogP contribution in [-0.4, -0.2) is 23.2 Å². The van der Waals surface area contributed by atoms with Crippen LogP contribution in [0.4, 0.5) is 0 Å². The topological polar surface area (TPSA) is 75.3 Å². The van der Waals surface area contributed by atoms with Crippen LogP contribution in [0.3, 0.4) is 0 Å². The molecule has 1 aliphatic carbocycles. The zero-order valence-corrected chi connectivity index (χ0v) is 9.53. The molecule has 1 rings (SSSR count). The molecule has 0 spiro atoms. The number of aliphatic hydroxyl groups is 1. The second-order valence-electron chi connectivity index (χ2n) is 3.60. The van der Waals surface area contributed by atoms with Crippen LogP contribution in [0.15, 0.2) is 0 Å². The van der Waals surface area contributed by atoms with Crippen molar-refractivity contribution in [2.45, 2.75) is 37.8 Å². The van der Waals surface area contributed by atoms with Crippen molar-refractivity contribution in [1.82, 2.24) is 3.53 Å². The lowest BCUT2D eigenvalue weighted by molar-refractivity contribution is -0.128. The maximum Gasteiger partial charge on any atom is 0.259 e. The molecule has 13 heavy (non-hydrogen) atoms. The van der Waals surface area contributed by atoms with E-state index in [0.717, 1.165) is 6.42 Å². The largest absolute Gasteiger partial charge is 0.382 e. The molecule has 0 aromatic heterocycles. The van der Waals surface area contributed by atoms with Gasteiger partial charge < -0.3 is 10.8 Å². The molecule has 76 valence electrons. The smallest absolute Gasteiger partial charge is 0.259 e. The molecule has 1 saturated carbocycles. The molecule has 4 N–H and O–H groups in total. The number of aliphatic hydroxyl groups excluding tert-OH is 1. The molecule has 4 nitrogen and oxygen atoms in total. The number of halogens is 1. The Morgan fingerprint density at radius 1 is 1.69 bits per heavy atom. The zero-order chi connectivity index (χ0) is 9.84. The third-order valence-corrected chi connectivity index (χ3v) is 3.13. The third-order valence-electron chi connectivity index (χ3n) is 2.60. The predicted octanol–water partition coefficient (Wildman–Crippen LogP) is 0.331. The van der Waals surface area contributed by atoms with Crippen molar-refractivity contribution in [2.24, 2.45) is 11.7 Å². The average molecular weight is 298 g/mol. The monoisotopic (exact) mass is 298 g/mol. The van der Waals surface area contributed by atoms with Crippen molar-refractivity contribution < 1.29 is 9.90 Å². The number of amides is 1. The van der Waals surface area contributed by atoms with E-state index in [9.17, 15) is 9.90 Å². The van der Waals surface area contributed by atoms with Crippen LogP contribution in [0.2, 0.25) is 0 Å². The Labute approximate surface area is 91.8 Å². The molecule has 0 bridgehead atoms. The first-order valence-corrected chi connectivity index (χ1v) is 5.57. The Morgan fingerprint density at radius 2 is 2.31 bits per heavy atom. The highest BCUT2D eigenvalue weighted by Crippen LogP contribution is 2.30. The molecule has 0 saturated heterocycles. The zero-order valence-electron chi connectivity index (χ0n) is 7.37. The fourth-order valence-electron chi connectivity index (χ4n) is 1.49. The van der Waals surface area contributed by atoms with Gasteiger partial charge in [-0.3, -0.25) is 8.32 Å². The summed E-state index contributed by atoms with van der Waals surface area (Å²) >= 11 is 1.70. The van der Waals surface area contributed by atoms with E-state index in [-0.39, 0.29) is 0 Å². The maximum absolute atomic E-state index is 11.0. The van der Waals surface area contributed by atoms with Crippen molar-refractivity contribution >= 4 is 28.8 Å². The van der Waals surface area contributed by atoms with Gasteiger partial charge in [0.05, 0.1) is 22.9 Å². The molecule has 0 aromatic carbocycles. The van der Waals surface area contributed by atoms with E-state index >= 15 is 0 Å². The highest BCUT2D eigenvalue weighted by Gasteiger charge is 2.27. The summed E-state index contributed by atoms with van der Waals surface area (Å²) in [7, 11) is 0. The third kappa shape index (κ3) is 3.07. The summed E-state index contributed by atoms with van der Waals surface area (Å²) in [6, 6.07) is -0.417. The second-order valence-corrected chi connectivity index (χ2v) is 4.14. The van der Waals surface area contributed by atoms with Crippen molar-refractivity contribution in [1.29, 1.82) is 0 Å². The maximum atomic E-state index is 11.0. The van der Waals surface area contributed by atoms with Crippen LogP contribution >= 0.6 is 22.9 Å². The number of carbonyl (C=O) groups excluding carboxylic acids is 1. The van der Waals surface area contributed by atoms with Crippen LogP contribution in [0, 0.1) is 5.92 Å². The lowest BCUT2D eigenvalue weighted by atomic mass is 9.80. The fraction of sp³-hybridized carbons (Fsp3) is 0.875. The SMILES string of the molecule is N[C@@H](CC1CCC1)[C@@H](O)C(=O)NI. The normalized spacial score (nSPS) is 21.8. The standard InChI is InChI=1S/C8H15IN2O2/c9-11-8(13)7(12)6(10)4-5-2-1-3-5/h5-7,12H,1-4,10H2,(H,11,13)/t6-,7+/m0/s1. The molecule has 0 heterocycles. The van der Waals surface area contributed by atoms with Crippen LogP contribution in [0.5, 0.6) is 0 Å². The van der Waals surface area contributed by atoms with Crippen LogP contribution in [0.25, 0.3) is 0 Å². The first kappa shape index (κ1) is 11.2. The molecule has 2 atom stereocenters. The number of carbonyl (C=O) groups is 1. The van der Waals surface area contributed by atoms with Crippen molar-refractivity contribution in [3.8, 4) is 0 Å². The van der Waals surface area contributed by atoms with Gasteiger partial charge in [0.15, 0.2) is 0 Å². The molecular formula is C8H15IN2O2. The van der Waals surface area contributed by atoms with Gasteiger partial charge >= 0.3 is 0 Å². The summed E-state index contributed by atoms with van der Waals surface area (Å²) in [5, 5.41) is 9.41. The Bertz CT molecular complexity index is 185. The van der Waals surface area contributed by atoms with E-state index in [1.165, 1.54) is 19.3 Å². The summed E-state index contributed by atoms with van der Waals surface area (Å²) in [5.41, 5.74) is 5.69. The molecule has 1 aliphatic rings. The van der Waals surface area contributed by atoms with Gasteiger partial charge in [-0.25, -0.2) is 0 Å². The first-order valence-electron chi connectivity index (χ1n) is 4.49. The molecule has 0 aromatic rings. The van der Waals surface area contributed by atoms with Gasteiger partial charge in [0, 0.05) is 6.04 Å². The van der Waals surface area contributed by atoms with Crippen LogP contribution in [-0.2, 0) is 4.79 Å². The van der Waals surface area contributed by atoms with E-state index in [2.05, 4.69) is 3.53 Å². The first-order chi connectivity index (χ1) is 6.15. The van der Waals surface area contributed by atoms with Crippen molar-refractivity contribution in [3.05, 3.63) is 0 Å². The van der Waals surface area contributed by atoms with E-state index in [0.29, 0.717) is 5.92 Å². The minimum atomic E-state index is -1.06. The van der Waals surface area contributed by atoms with Crippen LogP contribution < -0.4 is 9.26 Å². The molecule has 0 radical (unpaired) electrons. The summed E-state index contributed by atoms with van der Waals surface area (Å²) in [5.74, 6) is 0.221. The highest BCUT2D eigenvalue weighted by atomic mass is 127. The minimum Gasteiger partial charge on any atom is -0.382 e. The van der Waals surface area contributed by atoms with Gasteiger partial charge in [0.2, 0.25) is 0 Å². The number of nitrogens with two attached hydrogens (primary N) is 1. The quantitative estimate of drug-likeness (QED) is 0.517. The van der Waals surface area contributed by atoms with Gasteiger partial charge in [0.1, 0.15) is 6.10 Å². The number of rotatable bonds is 4. The highest BCUT2D eigenvalue weighted by molar-refractivity contribution is 14.1. The lowest BCUT2D eigenvalue weighted by Gasteiger charge is -2.29. The molecule has 1 fully saturated rings. The van der Waals surface area contributed by atoms with E-state index in [1.807, 2.05) is 0 Å². The number of hydrogen-bond acceptors (Lipinski definition) is 3. The van der Waals surface area contributed by atoms with Gasteiger partial charge in [-0.2, -0.15) is 0 Å². The summed E-state index contributed by atoms with van der Waals surface area (Å²) in [6.45, 7) is 0. The van der Waals surface area contributed by atoms with Gasteiger partial charge in [-0.1, -0.05) is 19.3 Å². The summed E-state index contributed by atoms with van der Waals surface area (Å²) in [6.07, 6.45) is 3.33. The van der Waals surface area contributed by atoms with E-state index < -0.39 is 18.1 Å². The predicted molar refractivity (Wildman–Crippen MR) is 58.1 cm³/mol. The Kier molecular flexibility index (Phi) is 4.40. The van der Waals surface area contributed by atoms with Crippen molar-refractivity contribution in [2.75, 3.05) is 0 Å². The minimum absolute atomic E-state index is 0.396. The summed E-state index contributed by atoms with van der Waals surface area (Å²) in [4.78, 5) is 11.0. The van der Waals surface area contributed by atoms with E-state index in [4.69, 9.17) is 5.73 Å². The molecule has 5 heteroatoms. The molecule has 0 unspecified atom stereocenters. The fourth-order valence-corrected chi connectivity index (χ4v) is 1.81. The Hall–Kier alpha value is 0.120. The van der Waals surface area contributed by atoms with Crippen LogP contribution in [0.1, 0.15) is 25.7 Å². The van der Waals surface area contributed by atoms with Gasteiger partial charge in [-0.05, 0) is 12.3 Å². The van der Waals surface area contributed by atoms with E-state index in [1.54, 1.807) is 22.9 Å². The summed E-state index contributed by atoms with van der Waals surface area (Å²) < 4.78 is 2.36. The number of hydrogen-bond donors (Lipinski definition) is 3.